The monoisotopic (exact) mass is 242 g/mol. The van der Waals surface area contributed by atoms with Crippen LogP contribution in [0.5, 0.6) is 0 Å². The first-order chi connectivity index (χ1) is 7.74. The van der Waals surface area contributed by atoms with Crippen LogP contribution in [0, 0.1) is 5.41 Å². The number of esters is 1. The zero-order valence-electron chi connectivity index (χ0n) is 9.62. The third-order valence-electron chi connectivity index (χ3n) is 3.35. The van der Waals surface area contributed by atoms with Gasteiger partial charge in [0, 0.05) is 12.3 Å². The van der Waals surface area contributed by atoms with Gasteiger partial charge in [-0.25, -0.2) is 0 Å². The minimum atomic E-state index is -0.246. The molecule has 2 rings (SSSR count). The lowest BCUT2D eigenvalue weighted by molar-refractivity contribution is -0.139. The van der Waals surface area contributed by atoms with E-state index in [1.54, 1.807) is 11.8 Å². The van der Waals surface area contributed by atoms with E-state index in [-0.39, 0.29) is 12.5 Å². The van der Waals surface area contributed by atoms with Gasteiger partial charge in [0.15, 0.2) is 5.17 Å². The van der Waals surface area contributed by atoms with Gasteiger partial charge in [-0.05, 0) is 18.3 Å². The lowest BCUT2D eigenvalue weighted by Gasteiger charge is -2.30. The number of hydrogen-bond acceptors (Lipinski definition) is 5. The fourth-order valence-electron chi connectivity index (χ4n) is 2.31. The molecule has 0 bridgehead atoms. The Bertz CT molecular complexity index is 298. The van der Waals surface area contributed by atoms with E-state index in [0.29, 0.717) is 5.41 Å². The number of methoxy groups -OCH3 is 1. The smallest absolute Gasteiger partial charge is 0.325 e. The summed E-state index contributed by atoms with van der Waals surface area (Å²) in [6.45, 7) is 1.14. The maximum Gasteiger partial charge on any atom is 0.325 e. The summed E-state index contributed by atoms with van der Waals surface area (Å²) >= 11 is 1.74. The average molecular weight is 242 g/mol. The first kappa shape index (κ1) is 11.8. The van der Waals surface area contributed by atoms with Gasteiger partial charge in [-0.1, -0.05) is 24.6 Å². The second-order valence-corrected chi connectivity index (χ2v) is 5.51. The highest BCUT2D eigenvalue weighted by Gasteiger charge is 2.36. The number of carbonyl (C=O) groups is 1. The van der Waals surface area contributed by atoms with Crippen molar-refractivity contribution in [1.29, 1.82) is 0 Å². The number of carbonyl (C=O) groups excluding carboxylic acids is 1. The molecule has 4 nitrogen and oxygen atoms in total. The zero-order chi connectivity index (χ0) is 11.4. The molecule has 0 amide bonds. The molecular weight excluding hydrogens is 224 g/mol. The molecule has 5 heteroatoms. The van der Waals surface area contributed by atoms with E-state index in [4.69, 9.17) is 0 Å². The Morgan fingerprint density at radius 3 is 2.88 bits per heavy atom. The van der Waals surface area contributed by atoms with Gasteiger partial charge < -0.3 is 10.1 Å². The summed E-state index contributed by atoms with van der Waals surface area (Å²) in [6, 6.07) is 0. The van der Waals surface area contributed by atoms with Gasteiger partial charge >= 0.3 is 5.97 Å². The Labute approximate surface area is 100 Å². The summed E-state index contributed by atoms with van der Waals surface area (Å²) < 4.78 is 4.57. The number of nitrogens with one attached hydrogen (secondary N) is 1. The van der Waals surface area contributed by atoms with Crippen LogP contribution >= 0.6 is 11.8 Å². The average Bonchev–Trinajstić information content (AvgIpc) is 2.77. The highest BCUT2D eigenvalue weighted by molar-refractivity contribution is 8.13. The maximum absolute atomic E-state index is 11.0. The predicted octanol–water partition coefficient (Wildman–Crippen LogP) is 1.41. The summed E-state index contributed by atoms with van der Waals surface area (Å²) in [7, 11) is 1.40. The zero-order valence-corrected chi connectivity index (χ0v) is 10.4. The first-order valence-electron chi connectivity index (χ1n) is 5.72. The quantitative estimate of drug-likeness (QED) is 0.744. The predicted molar refractivity (Wildman–Crippen MR) is 65.7 cm³/mol. The van der Waals surface area contributed by atoms with E-state index >= 15 is 0 Å². The van der Waals surface area contributed by atoms with Gasteiger partial charge in [0.05, 0.1) is 7.11 Å². The SMILES string of the molecule is COC(=O)CNC1=NCC2(CCCC2)CS1. The van der Waals surface area contributed by atoms with E-state index in [1.807, 2.05) is 0 Å². The van der Waals surface area contributed by atoms with E-state index in [2.05, 4.69) is 15.0 Å². The fraction of sp³-hybridized carbons (Fsp3) is 0.818. The van der Waals surface area contributed by atoms with Crippen LogP contribution in [0.4, 0.5) is 0 Å². The molecular formula is C11H18N2O2S. The van der Waals surface area contributed by atoms with E-state index in [9.17, 15) is 4.79 Å². The molecule has 1 aliphatic carbocycles. The molecule has 2 aliphatic rings. The number of nitrogens with zero attached hydrogens (tertiary/aromatic N) is 1. The van der Waals surface area contributed by atoms with E-state index in [0.717, 1.165) is 17.5 Å². The van der Waals surface area contributed by atoms with Crippen molar-refractivity contribution < 1.29 is 9.53 Å². The molecule has 16 heavy (non-hydrogen) atoms. The Balaban J connectivity index is 1.81. The van der Waals surface area contributed by atoms with Crippen molar-refractivity contribution in [1.82, 2.24) is 5.32 Å². The summed E-state index contributed by atoms with van der Waals surface area (Å²) in [5.74, 6) is 0.893. The molecule has 90 valence electrons. The Morgan fingerprint density at radius 1 is 1.56 bits per heavy atom. The number of thioether (sulfide) groups is 1. The third-order valence-corrected chi connectivity index (χ3v) is 4.65. The number of aliphatic imine (C=N–C) groups is 1. The molecule has 1 spiro atoms. The van der Waals surface area contributed by atoms with E-state index in [1.165, 1.54) is 32.8 Å². The van der Waals surface area contributed by atoms with Gasteiger partial charge in [-0.15, -0.1) is 0 Å². The normalized spacial score (nSPS) is 22.9. The van der Waals surface area contributed by atoms with Gasteiger partial charge in [0.2, 0.25) is 0 Å². The van der Waals surface area contributed by atoms with Crippen LogP contribution in [0.3, 0.4) is 0 Å². The lowest BCUT2D eigenvalue weighted by atomic mass is 9.89. The van der Waals surface area contributed by atoms with Crippen molar-refractivity contribution in [3.63, 3.8) is 0 Å². The highest BCUT2D eigenvalue weighted by Crippen LogP contribution is 2.43. The number of hydrogen-bond donors (Lipinski definition) is 1. The Morgan fingerprint density at radius 2 is 2.31 bits per heavy atom. The molecule has 0 aromatic heterocycles. The van der Waals surface area contributed by atoms with Crippen LogP contribution < -0.4 is 5.32 Å². The van der Waals surface area contributed by atoms with E-state index < -0.39 is 0 Å². The van der Waals surface area contributed by atoms with Crippen LogP contribution in [0.25, 0.3) is 0 Å². The number of rotatable bonds is 2. The minimum absolute atomic E-state index is 0.218. The molecule has 0 aromatic rings. The van der Waals surface area contributed by atoms with Gasteiger partial charge in [0.25, 0.3) is 0 Å². The third kappa shape index (κ3) is 2.70. The van der Waals surface area contributed by atoms with Crippen molar-refractivity contribution >= 4 is 22.9 Å². The van der Waals surface area contributed by atoms with Crippen LogP contribution in [0.15, 0.2) is 4.99 Å². The van der Waals surface area contributed by atoms with Crippen LogP contribution in [-0.2, 0) is 9.53 Å². The number of amidine groups is 1. The van der Waals surface area contributed by atoms with Crippen LogP contribution in [0.2, 0.25) is 0 Å². The largest absolute Gasteiger partial charge is 0.468 e. The second kappa shape index (κ2) is 5.08. The molecule has 1 aliphatic heterocycles. The molecule has 0 unspecified atom stereocenters. The maximum atomic E-state index is 11.0. The molecule has 1 fully saturated rings. The fourth-order valence-corrected chi connectivity index (χ4v) is 3.46. The molecule has 0 saturated heterocycles. The summed E-state index contributed by atoms with van der Waals surface area (Å²) in [5, 5.41) is 3.91. The first-order valence-corrected chi connectivity index (χ1v) is 6.71. The van der Waals surface area contributed by atoms with Crippen molar-refractivity contribution in [3.8, 4) is 0 Å². The second-order valence-electron chi connectivity index (χ2n) is 4.55. The lowest BCUT2D eigenvalue weighted by Crippen LogP contribution is -2.35. The van der Waals surface area contributed by atoms with Crippen molar-refractivity contribution in [2.45, 2.75) is 25.7 Å². The van der Waals surface area contributed by atoms with Gasteiger partial charge in [-0.3, -0.25) is 9.79 Å². The number of ether oxygens (including phenoxy) is 1. The van der Waals surface area contributed by atoms with Crippen molar-refractivity contribution in [3.05, 3.63) is 0 Å². The molecule has 0 atom stereocenters. The highest BCUT2D eigenvalue weighted by atomic mass is 32.2. The van der Waals surface area contributed by atoms with Gasteiger partial charge in [-0.2, -0.15) is 0 Å². The van der Waals surface area contributed by atoms with Crippen LogP contribution in [-0.4, -0.2) is 37.1 Å². The molecule has 0 aromatic carbocycles. The molecule has 1 saturated carbocycles. The van der Waals surface area contributed by atoms with Crippen LogP contribution in [0.1, 0.15) is 25.7 Å². The summed E-state index contributed by atoms with van der Waals surface area (Å²) in [6.07, 6.45) is 5.32. The summed E-state index contributed by atoms with van der Waals surface area (Å²) in [4.78, 5) is 15.5. The minimum Gasteiger partial charge on any atom is -0.468 e. The molecule has 1 heterocycles. The Hall–Kier alpha value is -0.710. The Kier molecular flexibility index (Phi) is 3.74. The topological polar surface area (TPSA) is 50.7 Å². The molecule has 1 N–H and O–H groups in total. The molecule has 0 radical (unpaired) electrons. The van der Waals surface area contributed by atoms with Gasteiger partial charge in [0.1, 0.15) is 6.54 Å². The van der Waals surface area contributed by atoms with Crippen molar-refractivity contribution in [2.75, 3.05) is 26.0 Å². The van der Waals surface area contributed by atoms with Crippen molar-refractivity contribution in [2.24, 2.45) is 10.4 Å². The summed E-state index contributed by atoms with van der Waals surface area (Å²) in [5.41, 5.74) is 0.459. The standard InChI is InChI=1S/C11H18N2O2S/c1-15-9(14)6-12-10-13-7-11(8-16-10)4-2-3-5-11/h2-8H2,1H3,(H,12,13).